The number of rotatable bonds is 5. The molecule has 0 bridgehead atoms. The van der Waals surface area contributed by atoms with Crippen LogP contribution in [0.25, 0.3) is 11.4 Å². The summed E-state index contributed by atoms with van der Waals surface area (Å²) in [5.74, 6) is -1.11. The molecular weight excluding hydrogens is 374 g/mol. The average Bonchev–Trinajstić information content (AvgIpc) is 3.38. The highest BCUT2D eigenvalue weighted by Crippen LogP contribution is 2.29. The van der Waals surface area contributed by atoms with E-state index in [1.165, 1.54) is 12.3 Å². The van der Waals surface area contributed by atoms with Gasteiger partial charge in [0, 0.05) is 25.5 Å². The van der Waals surface area contributed by atoms with Crippen LogP contribution in [0.4, 0.5) is 0 Å². The lowest BCUT2D eigenvalue weighted by Crippen LogP contribution is -2.38. The lowest BCUT2D eigenvalue weighted by Gasteiger charge is -2.28. The quantitative estimate of drug-likeness (QED) is 0.673. The lowest BCUT2D eigenvalue weighted by molar-refractivity contribution is 0.0696. The molecule has 4 rings (SSSR count). The minimum atomic E-state index is -1.01. The topological polar surface area (TPSA) is 128 Å². The number of hydrogen-bond acceptors (Lipinski definition) is 6. The van der Waals surface area contributed by atoms with Gasteiger partial charge in [0.2, 0.25) is 0 Å². The van der Waals surface area contributed by atoms with Gasteiger partial charge in [0.25, 0.3) is 5.91 Å². The molecule has 3 aromatic rings. The Morgan fingerprint density at radius 2 is 1.86 bits per heavy atom. The van der Waals surface area contributed by atoms with Crippen molar-refractivity contribution in [1.82, 2.24) is 35.1 Å². The van der Waals surface area contributed by atoms with Crippen LogP contribution in [0.3, 0.4) is 0 Å². The fourth-order valence-electron chi connectivity index (χ4n) is 3.54. The minimum absolute atomic E-state index is 0.0968. The number of aromatic carboxylic acids is 1. The summed E-state index contributed by atoms with van der Waals surface area (Å²) in [6.45, 7) is 0. The SMILES string of the molecule is Cn1cc(C(=O)NC2CCC(n3cc(-c4ccc(C(=O)O)cn4)nn3)CC2)cn1. The van der Waals surface area contributed by atoms with Crippen LogP contribution in [-0.4, -0.2) is 52.8 Å². The van der Waals surface area contributed by atoms with Crippen molar-refractivity contribution >= 4 is 11.9 Å². The van der Waals surface area contributed by atoms with Gasteiger partial charge >= 0.3 is 5.97 Å². The van der Waals surface area contributed by atoms with Crippen molar-refractivity contribution < 1.29 is 14.7 Å². The summed E-state index contributed by atoms with van der Waals surface area (Å²) in [6, 6.07) is 3.47. The smallest absolute Gasteiger partial charge is 0.337 e. The molecule has 29 heavy (non-hydrogen) atoms. The van der Waals surface area contributed by atoms with E-state index in [1.54, 1.807) is 30.2 Å². The average molecular weight is 395 g/mol. The van der Waals surface area contributed by atoms with Gasteiger partial charge in [0.05, 0.1) is 35.3 Å². The molecule has 3 aromatic heterocycles. The minimum Gasteiger partial charge on any atom is -0.478 e. The number of aryl methyl sites for hydroxylation is 1. The number of nitrogens with one attached hydrogen (secondary N) is 1. The zero-order chi connectivity index (χ0) is 20.4. The van der Waals surface area contributed by atoms with Gasteiger partial charge in [0.15, 0.2) is 0 Å². The highest BCUT2D eigenvalue weighted by atomic mass is 16.4. The first-order chi connectivity index (χ1) is 14.0. The Kier molecular flexibility index (Phi) is 5.07. The summed E-state index contributed by atoms with van der Waals surface area (Å²) in [5, 5.41) is 24.4. The summed E-state index contributed by atoms with van der Waals surface area (Å²) in [7, 11) is 1.78. The highest BCUT2D eigenvalue weighted by molar-refractivity contribution is 5.93. The van der Waals surface area contributed by atoms with Gasteiger partial charge < -0.3 is 10.4 Å². The first-order valence-corrected chi connectivity index (χ1v) is 9.40. The third kappa shape index (κ3) is 4.15. The number of carboxylic acids is 1. The number of pyridine rings is 1. The first kappa shape index (κ1) is 18.8. The molecular formula is C19H21N7O3. The van der Waals surface area contributed by atoms with Gasteiger partial charge in [-0.05, 0) is 37.8 Å². The molecule has 10 heteroatoms. The second kappa shape index (κ2) is 7.82. The second-order valence-corrected chi connectivity index (χ2v) is 7.20. The molecule has 0 unspecified atom stereocenters. The summed E-state index contributed by atoms with van der Waals surface area (Å²) in [6.07, 6.45) is 9.89. The van der Waals surface area contributed by atoms with Crippen LogP contribution in [0, 0.1) is 0 Å². The molecule has 1 aliphatic rings. The number of hydrogen-bond donors (Lipinski definition) is 2. The zero-order valence-corrected chi connectivity index (χ0v) is 15.9. The second-order valence-electron chi connectivity index (χ2n) is 7.20. The predicted molar refractivity (Wildman–Crippen MR) is 102 cm³/mol. The van der Waals surface area contributed by atoms with Crippen molar-refractivity contribution in [1.29, 1.82) is 0 Å². The fraction of sp³-hybridized carbons (Fsp3) is 0.368. The number of aromatic nitrogens is 6. The third-order valence-corrected chi connectivity index (χ3v) is 5.16. The molecule has 0 aliphatic heterocycles. The normalized spacial score (nSPS) is 19.1. The number of carbonyl (C=O) groups is 2. The van der Waals surface area contributed by atoms with Crippen molar-refractivity contribution in [2.75, 3.05) is 0 Å². The molecule has 1 amide bonds. The maximum absolute atomic E-state index is 12.3. The van der Waals surface area contributed by atoms with E-state index in [0.717, 1.165) is 25.7 Å². The van der Waals surface area contributed by atoms with Crippen LogP contribution in [0.5, 0.6) is 0 Å². The van der Waals surface area contributed by atoms with Crippen LogP contribution in [0.2, 0.25) is 0 Å². The molecule has 10 nitrogen and oxygen atoms in total. The Labute approximate surface area is 166 Å². The van der Waals surface area contributed by atoms with E-state index in [0.29, 0.717) is 17.0 Å². The van der Waals surface area contributed by atoms with E-state index in [2.05, 4.69) is 25.7 Å². The Balaban J connectivity index is 1.34. The van der Waals surface area contributed by atoms with Crippen LogP contribution in [0.15, 0.2) is 36.9 Å². The standard InChI is InChI=1S/C19H21N7O3/c1-25-10-13(9-21-25)18(27)22-14-3-5-15(6-4-14)26-11-17(23-24-26)16-7-2-12(8-20-16)19(28)29/h2,7-11,14-15H,3-6H2,1H3,(H,22,27)(H,28,29). The van der Waals surface area contributed by atoms with Crippen molar-refractivity contribution in [3.63, 3.8) is 0 Å². The maximum atomic E-state index is 12.3. The Morgan fingerprint density at radius 3 is 2.48 bits per heavy atom. The highest BCUT2D eigenvalue weighted by Gasteiger charge is 2.25. The summed E-state index contributed by atoms with van der Waals surface area (Å²) < 4.78 is 3.44. The fourth-order valence-corrected chi connectivity index (χ4v) is 3.54. The molecule has 0 aromatic carbocycles. The molecule has 0 spiro atoms. The van der Waals surface area contributed by atoms with E-state index in [1.807, 2.05) is 10.9 Å². The largest absolute Gasteiger partial charge is 0.478 e. The van der Waals surface area contributed by atoms with E-state index >= 15 is 0 Å². The number of nitrogens with zero attached hydrogens (tertiary/aromatic N) is 6. The molecule has 0 saturated heterocycles. The lowest BCUT2D eigenvalue weighted by atomic mass is 9.91. The van der Waals surface area contributed by atoms with Crippen molar-refractivity contribution in [3.8, 4) is 11.4 Å². The number of amides is 1. The predicted octanol–water partition coefficient (Wildman–Crippen LogP) is 1.69. The van der Waals surface area contributed by atoms with E-state index in [-0.39, 0.29) is 23.6 Å². The van der Waals surface area contributed by atoms with E-state index in [9.17, 15) is 9.59 Å². The van der Waals surface area contributed by atoms with Gasteiger partial charge in [-0.1, -0.05) is 5.21 Å². The Morgan fingerprint density at radius 1 is 1.07 bits per heavy atom. The van der Waals surface area contributed by atoms with Gasteiger partial charge in [-0.15, -0.1) is 5.10 Å². The van der Waals surface area contributed by atoms with Crippen LogP contribution < -0.4 is 5.32 Å². The third-order valence-electron chi connectivity index (χ3n) is 5.16. The van der Waals surface area contributed by atoms with Gasteiger partial charge in [-0.3, -0.25) is 14.5 Å². The maximum Gasteiger partial charge on any atom is 0.337 e. The summed E-state index contributed by atoms with van der Waals surface area (Å²) in [4.78, 5) is 27.4. The number of carboxylic acid groups (broad SMARTS) is 1. The van der Waals surface area contributed by atoms with Crippen molar-refractivity contribution in [2.45, 2.75) is 37.8 Å². The van der Waals surface area contributed by atoms with Gasteiger partial charge in [-0.25, -0.2) is 9.48 Å². The zero-order valence-electron chi connectivity index (χ0n) is 15.9. The van der Waals surface area contributed by atoms with Crippen molar-refractivity contribution in [2.24, 2.45) is 7.05 Å². The van der Waals surface area contributed by atoms with E-state index < -0.39 is 5.97 Å². The molecule has 0 atom stereocenters. The molecule has 1 fully saturated rings. The Hall–Kier alpha value is -3.56. The van der Waals surface area contributed by atoms with Crippen LogP contribution >= 0.6 is 0 Å². The molecule has 0 radical (unpaired) electrons. The van der Waals surface area contributed by atoms with Crippen LogP contribution in [-0.2, 0) is 7.05 Å². The first-order valence-electron chi connectivity index (χ1n) is 9.40. The summed E-state index contributed by atoms with van der Waals surface area (Å²) in [5.41, 5.74) is 1.89. The molecule has 150 valence electrons. The summed E-state index contributed by atoms with van der Waals surface area (Å²) >= 11 is 0. The Bertz CT molecular complexity index is 1020. The van der Waals surface area contributed by atoms with Gasteiger partial charge in [0.1, 0.15) is 5.69 Å². The molecule has 1 saturated carbocycles. The molecule has 3 heterocycles. The number of carbonyl (C=O) groups excluding carboxylic acids is 1. The van der Waals surface area contributed by atoms with Crippen LogP contribution in [0.1, 0.15) is 52.4 Å². The van der Waals surface area contributed by atoms with Gasteiger partial charge in [-0.2, -0.15) is 5.10 Å². The molecule has 1 aliphatic carbocycles. The van der Waals surface area contributed by atoms with Crippen molar-refractivity contribution in [3.05, 3.63) is 48.0 Å². The monoisotopic (exact) mass is 395 g/mol. The molecule has 2 N–H and O–H groups in total. The van der Waals surface area contributed by atoms with E-state index in [4.69, 9.17) is 5.11 Å².